The summed E-state index contributed by atoms with van der Waals surface area (Å²) in [6.07, 6.45) is -3.44. The number of thiocarbonyl (C=S) groups is 1. The molecule has 4 nitrogen and oxygen atoms in total. The molecule has 0 bridgehead atoms. The topological polar surface area (TPSA) is 48.8 Å². The molecule has 0 fully saturated rings. The van der Waals surface area contributed by atoms with E-state index in [4.69, 9.17) is 47.0 Å². The molecular weight excluding hydrogens is 504 g/mol. The summed E-state index contributed by atoms with van der Waals surface area (Å²) < 4.78 is 42.7. The zero-order chi connectivity index (χ0) is 23.5. The SMILES string of the molecule is CCNC(=S)N/N=C/c1ccc(C2=NCC(c3cc(Cl)cc(Cl)c3)(C(F)(F)F)C2)cc1Cl. The number of hydrazone groups is 1. The molecule has 0 saturated carbocycles. The number of halogens is 6. The van der Waals surface area contributed by atoms with E-state index >= 15 is 0 Å². The average molecular weight is 522 g/mol. The largest absolute Gasteiger partial charge is 0.400 e. The molecule has 2 aromatic carbocycles. The van der Waals surface area contributed by atoms with Gasteiger partial charge < -0.3 is 5.32 Å². The fraction of sp³-hybridized carbons (Fsp3) is 0.286. The molecule has 170 valence electrons. The van der Waals surface area contributed by atoms with Crippen molar-refractivity contribution < 1.29 is 13.2 Å². The van der Waals surface area contributed by atoms with Gasteiger partial charge >= 0.3 is 6.18 Å². The third-order valence-electron chi connectivity index (χ3n) is 5.01. The van der Waals surface area contributed by atoms with Gasteiger partial charge in [0.1, 0.15) is 5.41 Å². The van der Waals surface area contributed by atoms with Gasteiger partial charge in [0, 0.05) is 34.3 Å². The van der Waals surface area contributed by atoms with Crippen LogP contribution in [0, 0.1) is 0 Å². The van der Waals surface area contributed by atoms with Gasteiger partial charge in [0.2, 0.25) is 0 Å². The number of hydrogen-bond acceptors (Lipinski definition) is 3. The van der Waals surface area contributed by atoms with Crippen LogP contribution >= 0.6 is 47.0 Å². The van der Waals surface area contributed by atoms with Crippen molar-refractivity contribution in [3.05, 3.63) is 68.2 Å². The van der Waals surface area contributed by atoms with Crippen LogP contribution < -0.4 is 10.7 Å². The molecule has 0 aromatic heterocycles. The predicted octanol–water partition coefficient (Wildman–Crippen LogP) is 6.16. The van der Waals surface area contributed by atoms with E-state index in [1.165, 1.54) is 24.4 Å². The molecule has 0 spiro atoms. The Balaban J connectivity index is 1.84. The Kier molecular flexibility index (Phi) is 7.70. The molecule has 0 radical (unpaired) electrons. The van der Waals surface area contributed by atoms with E-state index in [1.807, 2.05) is 6.92 Å². The Hall–Kier alpha value is -1.87. The van der Waals surface area contributed by atoms with Crippen LogP contribution in [-0.4, -0.2) is 36.3 Å². The first-order chi connectivity index (χ1) is 15.1. The molecule has 2 aromatic rings. The van der Waals surface area contributed by atoms with E-state index in [-0.39, 0.29) is 22.0 Å². The number of aliphatic imine (C=N–C) groups is 1. The zero-order valence-corrected chi connectivity index (χ0v) is 19.8. The minimum Gasteiger partial charge on any atom is -0.362 e. The molecule has 0 saturated heterocycles. The summed E-state index contributed by atoms with van der Waals surface area (Å²) in [6, 6.07) is 8.86. The Labute approximate surface area is 203 Å². The lowest BCUT2D eigenvalue weighted by molar-refractivity contribution is -0.183. The van der Waals surface area contributed by atoms with Gasteiger partial charge in [-0.1, -0.05) is 46.9 Å². The summed E-state index contributed by atoms with van der Waals surface area (Å²) in [4.78, 5) is 4.22. The van der Waals surface area contributed by atoms with Crippen molar-refractivity contribution in [3.63, 3.8) is 0 Å². The first-order valence-electron chi connectivity index (χ1n) is 9.49. The van der Waals surface area contributed by atoms with Crippen molar-refractivity contribution in [1.29, 1.82) is 0 Å². The predicted molar refractivity (Wildman–Crippen MR) is 129 cm³/mol. The van der Waals surface area contributed by atoms with Crippen LogP contribution in [0.1, 0.15) is 30.0 Å². The number of nitrogens with zero attached hydrogens (tertiary/aromatic N) is 2. The highest BCUT2D eigenvalue weighted by Gasteiger charge is 2.58. The summed E-state index contributed by atoms with van der Waals surface area (Å²) in [7, 11) is 0. The van der Waals surface area contributed by atoms with Crippen molar-refractivity contribution >= 4 is 64.1 Å². The fourth-order valence-electron chi connectivity index (χ4n) is 3.37. The highest BCUT2D eigenvalue weighted by Crippen LogP contribution is 2.48. The lowest BCUT2D eigenvalue weighted by Crippen LogP contribution is -2.43. The lowest BCUT2D eigenvalue weighted by atomic mass is 9.76. The molecule has 32 heavy (non-hydrogen) atoms. The Morgan fingerprint density at radius 3 is 2.47 bits per heavy atom. The van der Waals surface area contributed by atoms with Crippen molar-refractivity contribution in [2.45, 2.75) is 24.9 Å². The number of nitrogens with one attached hydrogen (secondary N) is 2. The van der Waals surface area contributed by atoms with Crippen LogP contribution in [0.15, 0.2) is 46.5 Å². The molecule has 11 heteroatoms. The van der Waals surface area contributed by atoms with Gasteiger partial charge in [-0.15, -0.1) is 0 Å². The number of rotatable bonds is 5. The molecular formula is C21H18Cl3F3N4S. The third kappa shape index (κ3) is 5.36. The van der Waals surface area contributed by atoms with Crippen molar-refractivity contribution in [3.8, 4) is 0 Å². The van der Waals surface area contributed by atoms with E-state index < -0.39 is 18.1 Å². The minimum atomic E-state index is -4.56. The van der Waals surface area contributed by atoms with Crippen LogP contribution in [0.2, 0.25) is 15.1 Å². The van der Waals surface area contributed by atoms with Crippen molar-refractivity contribution in [1.82, 2.24) is 10.7 Å². The van der Waals surface area contributed by atoms with E-state index in [2.05, 4.69) is 20.8 Å². The number of benzene rings is 2. The standard InChI is InChI=1S/C21H18Cl3F3N4S/c1-2-28-19(32)31-30-10-13-4-3-12(5-17(13)24)18-9-20(11-29-18,21(25,26)27)14-6-15(22)8-16(23)7-14/h3-8,10H,2,9,11H2,1H3,(H2,28,31,32)/b30-10+. The maximum atomic E-state index is 14.2. The highest BCUT2D eigenvalue weighted by atomic mass is 35.5. The first kappa shape index (κ1) is 24.8. The molecule has 2 N–H and O–H groups in total. The molecule has 1 aliphatic heterocycles. The zero-order valence-electron chi connectivity index (χ0n) is 16.7. The van der Waals surface area contributed by atoms with E-state index in [9.17, 15) is 13.2 Å². The monoisotopic (exact) mass is 520 g/mol. The quantitative estimate of drug-likeness (QED) is 0.282. The van der Waals surface area contributed by atoms with Gasteiger partial charge in [0.25, 0.3) is 0 Å². The first-order valence-corrected chi connectivity index (χ1v) is 11.0. The van der Waals surface area contributed by atoms with Crippen LogP contribution in [0.3, 0.4) is 0 Å². The smallest absolute Gasteiger partial charge is 0.362 e. The summed E-state index contributed by atoms with van der Waals surface area (Å²) in [5.41, 5.74) is 1.79. The van der Waals surface area contributed by atoms with Gasteiger partial charge in [0.05, 0.1) is 17.8 Å². The molecule has 0 aliphatic carbocycles. The average Bonchev–Trinajstić information content (AvgIpc) is 3.15. The van der Waals surface area contributed by atoms with Gasteiger partial charge in [-0.3, -0.25) is 10.4 Å². The second-order valence-corrected chi connectivity index (χ2v) is 8.83. The van der Waals surface area contributed by atoms with Crippen molar-refractivity contribution in [2.75, 3.05) is 13.1 Å². The number of alkyl halides is 3. The van der Waals surface area contributed by atoms with E-state index in [0.29, 0.717) is 33.5 Å². The molecule has 1 heterocycles. The Morgan fingerprint density at radius 2 is 1.88 bits per heavy atom. The second kappa shape index (κ2) is 9.95. The van der Waals surface area contributed by atoms with Crippen molar-refractivity contribution in [2.24, 2.45) is 10.1 Å². The molecule has 1 aliphatic rings. The molecule has 1 atom stereocenters. The molecule has 3 rings (SSSR count). The van der Waals surface area contributed by atoms with E-state index in [1.54, 1.807) is 18.2 Å². The van der Waals surface area contributed by atoms with Gasteiger partial charge in [-0.25, -0.2) is 0 Å². The highest BCUT2D eigenvalue weighted by molar-refractivity contribution is 7.80. The van der Waals surface area contributed by atoms with Crippen LogP contribution in [0.4, 0.5) is 13.2 Å². The van der Waals surface area contributed by atoms with Gasteiger partial charge in [-0.2, -0.15) is 18.3 Å². The maximum Gasteiger partial charge on any atom is 0.400 e. The fourth-order valence-corrected chi connectivity index (χ4v) is 4.32. The third-order valence-corrected chi connectivity index (χ3v) is 6.01. The molecule has 1 unspecified atom stereocenters. The lowest BCUT2D eigenvalue weighted by Gasteiger charge is -2.31. The molecule has 0 amide bonds. The Bertz CT molecular complexity index is 1070. The minimum absolute atomic E-state index is 0.0150. The van der Waals surface area contributed by atoms with Crippen LogP contribution in [-0.2, 0) is 5.41 Å². The summed E-state index contributed by atoms with van der Waals surface area (Å²) >= 11 is 23.3. The van der Waals surface area contributed by atoms with Gasteiger partial charge in [-0.05, 0) is 54.5 Å². The van der Waals surface area contributed by atoms with Crippen LogP contribution in [0.5, 0.6) is 0 Å². The summed E-state index contributed by atoms with van der Waals surface area (Å²) in [5, 5.41) is 7.83. The van der Waals surface area contributed by atoms with E-state index in [0.717, 1.165) is 0 Å². The maximum absolute atomic E-state index is 14.2. The normalized spacial score (nSPS) is 18.7. The van der Waals surface area contributed by atoms with Gasteiger partial charge in [0.15, 0.2) is 5.11 Å². The van der Waals surface area contributed by atoms with Crippen LogP contribution in [0.25, 0.3) is 0 Å². The second-order valence-electron chi connectivity index (χ2n) is 7.14. The summed E-state index contributed by atoms with van der Waals surface area (Å²) in [6.45, 7) is 2.09. The Morgan fingerprint density at radius 1 is 1.19 bits per heavy atom. The number of hydrogen-bond donors (Lipinski definition) is 2. The summed E-state index contributed by atoms with van der Waals surface area (Å²) in [5.74, 6) is 0.